The van der Waals surface area contributed by atoms with Crippen molar-refractivity contribution in [3.05, 3.63) is 35.4 Å². The van der Waals surface area contributed by atoms with Crippen molar-refractivity contribution < 1.29 is 4.79 Å². The normalized spacial score (nSPS) is 23.8. The van der Waals surface area contributed by atoms with Crippen LogP contribution in [0, 0.1) is 0 Å². The van der Waals surface area contributed by atoms with Crippen LogP contribution in [0.4, 0.5) is 0 Å². The van der Waals surface area contributed by atoms with Gasteiger partial charge in [-0.15, -0.1) is 0 Å². The van der Waals surface area contributed by atoms with Crippen LogP contribution >= 0.6 is 0 Å². The molecule has 3 heteroatoms. The van der Waals surface area contributed by atoms with Crippen LogP contribution in [0.15, 0.2) is 24.3 Å². The van der Waals surface area contributed by atoms with Crippen LogP contribution in [0.1, 0.15) is 49.1 Å². The molecule has 1 saturated heterocycles. The molecule has 0 aromatic heterocycles. The molecule has 1 saturated carbocycles. The van der Waals surface area contributed by atoms with Crippen molar-refractivity contribution >= 4 is 5.91 Å². The molecule has 1 aromatic rings. The molecule has 0 bridgehead atoms. The SMILES string of the molecule is O=C1NCCCCC1NCc1ccc(C2CC2)cc1. The second-order valence-electron chi connectivity index (χ2n) is 5.74. The first-order valence-corrected chi connectivity index (χ1v) is 7.43. The summed E-state index contributed by atoms with van der Waals surface area (Å²) in [5, 5.41) is 6.34. The minimum atomic E-state index is -0.0226. The summed E-state index contributed by atoms with van der Waals surface area (Å²) >= 11 is 0. The molecule has 0 spiro atoms. The maximum absolute atomic E-state index is 11.8. The predicted molar refractivity (Wildman–Crippen MR) is 75.9 cm³/mol. The minimum absolute atomic E-state index is 0.0226. The van der Waals surface area contributed by atoms with Gasteiger partial charge in [-0.1, -0.05) is 24.3 Å². The Morgan fingerprint density at radius 2 is 1.89 bits per heavy atom. The summed E-state index contributed by atoms with van der Waals surface area (Å²) in [4.78, 5) is 11.8. The molecule has 1 aliphatic carbocycles. The number of rotatable bonds is 4. The Morgan fingerprint density at radius 1 is 1.11 bits per heavy atom. The second-order valence-corrected chi connectivity index (χ2v) is 5.74. The molecule has 2 N–H and O–H groups in total. The lowest BCUT2D eigenvalue weighted by Crippen LogP contribution is -2.42. The molecule has 1 atom stereocenters. The van der Waals surface area contributed by atoms with Crippen LogP contribution in [0.2, 0.25) is 0 Å². The third kappa shape index (κ3) is 3.35. The fourth-order valence-corrected chi connectivity index (χ4v) is 2.70. The largest absolute Gasteiger partial charge is 0.355 e. The van der Waals surface area contributed by atoms with Crippen molar-refractivity contribution in [3.63, 3.8) is 0 Å². The molecule has 3 nitrogen and oxygen atoms in total. The van der Waals surface area contributed by atoms with Crippen molar-refractivity contribution in [1.29, 1.82) is 0 Å². The summed E-state index contributed by atoms with van der Waals surface area (Å²) in [5.74, 6) is 0.974. The molecule has 1 unspecified atom stereocenters. The molecular weight excluding hydrogens is 236 g/mol. The van der Waals surface area contributed by atoms with Crippen LogP contribution < -0.4 is 10.6 Å². The quantitative estimate of drug-likeness (QED) is 0.870. The number of hydrogen-bond acceptors (Lipinski definition) is 2. The van der Waals surface area contributed by atoms with E-state index in [0.29, 0.717) is 0 Å². The first-order chi connectivity index (χ1) is 9.33. The minimum Gasteiger partial charge on any atom is -0.355 e. The fourth-order valence-electron chi connectivity index (χ4n) is 2.70. The number of amides is 1. The second kappa shape index (κ2) is 5.74. The van der Waals surface area contributed by atoms with E-state index in [4.69, 9.17) is 0 Å². The van der Waals surface area contributed by atoms with Crippen LogP contribution in [-0.4, -0.2) is 18.5 Å². The fraction of sp³-hybridized carbons (Fsp3) is 0.562. The lowest BCUT2D eigenvalue weighted by molar-refractivity contribution is -0.122. The highest BCUT2D eigenvalue weighted by Gasteiger charge is 2.23. The number of carbonyl (C=O) groups is 1. The molecule has 3 rings (SSSR count). The summed E-state index contributed by atoms with van der Waals surface area (Å²) in [5.41, 5.74) is 2.73. The zero-order chi connectivity index (χ0) is 13.1. The number of carbonyl (C=O) groups excluding carboxylic acids is 1. The van der Waals surface area contributed by atoms with Gasteiger partial charge in [0.05, 0.1) is 6.04 Å². The standard InChI is InChI=1S/C16H22N2O/c19-16-15(3-1-2-10-17-16)18-11-12-4-6-13(7-5-12)14-8-9-14/h4-7,14-15,18H,1-3,8-11H2,(H,17,19). The van der Waals surface area contributed by atoms with Crippen LogP contribution in [0.5, 0.6) is 0 Å². The van der Waals surface area contributed by atoms with E-state index in [9.17, 15) is 4.79 Å². The van der Waals surface area contributed by atoms with Crippen LogP contribution in [0.3, 0.4) is 0 Å². The number of benzene rings is 1. The van der Waals surface area contributed by atoms with Crippen LogP contribution in [0.25, 0.3) is 0 Å². The third-order valence-corrected chi connectivity index (χ3v) is 4.12. The molecule has 0 radical (unpaired) electrons. The van der Waals surface area contributed by atoms with E-state index in [2.05, 4.69) is 34.9 Å². The first kappa shape index (κ1) is 12.7. The van der Waals surface area contributed by atoms with Gasteiger partial charge in [0.15, 0.2) is 0 Å². The molecule has 1 amide bonds. The average molecular weight is 258 g/mol. The monoisotopic (exact) mass is 258 g/mol. The molecule has 1 heterocycles. The Morgan fingerprint density at radius 3 is 2.63 bits per heavy atom. The summed E-state index contributed by atoms with van der Waals surface area (Å²) < 4.78 is 0. The van der Waals surface area contributed by atoms with Crippen molar-refractivity contribution in [3.8, 4) is 0 Å². The molecule has 1 aromatic carbocycles. The van der Waals surface area contributed by atoms with Gasteiger partial charge in [0.2, 0.25) is 5.91 Å². The van der Waals surface area contributed by atoms with E-state index in [1.807, 2.05) is 0 Å². The predicted octanol–water partition coefficient (Wildman–Crippen LogP) is 2.32. The van der Waals surface area contributed by atoms with E-state index in [-0.39, 0.29) is 11.9 Å². The van der Waals surface area contributed by atoms with Gasteiger partial charge in [-0.25, -0.2) is 0 Å². The maximum atomic E-state index is 11.8. The average Bonchev–Trinajstić information content (AvgIpc) is 3.26. The van der Waals surface area contributed by atoms with Crippen molar-refractivity contribution in [2.75, 3.05) is 6.54 Å². The lowest BCUT2D eigenvalue weighted by atomic mass is 10.1. The summed E-state index contributed by atoms with van der Waals surface area (Å²) in [6, 6.07) is 8.83. The number of nitrogens with one attached hydrogen (secondary N) is 2. The molecule has 2 fully saturated rings. The van der Waals surface area contributed by atoms with Gasteiger partial charge in [-0.2, -0.15) is 0 Å². The molecule has 19 heavy (non-hydrogen) atoms. The van der Waals surface area contributed by atoms with Gasteiger partial charge in [0.25, 0.3) is 0 Å². The van der Waals surface area contributed by atoms with E-state index in [0.717, 1.165) is 38.3 Å². The Labute approximate surface area is 114 Å². The Bertz CT molecular complexity index is 437. The Kier molecular flexibility index (Phi) is 3.83. The van der Waals surface area contributed by atoms with Crippen molar-refractivity contribution in [2.24, 2.45) is 0 Å². The first-order valence-electron chi connectivity index (χ1n) is 7.43. The maximum Gasteiger partial charge on any atom is 0.237 e. The zero-order valence-electron chi connectivity index (χ0n) is 11.3. The molecular formula is C16H22N2O. The van der Waals surface area contributed by atoms with E-state index in [1.165, 1.54) is 24.0 Å². The Hall–Kier alpha value is -1.35. The van der Waals surface area contributed by atoms with Gasteiger partial charge in [-0.3, -0.25) is 4.79 Å². The topological polar surface area (TPSA) is 41.1 Å². The highest BCUT2D eigenvalue weighted by Crippen LogP contribution is 2.39. The summed E-state index contributed by atoms with van der Waals surface area (Å²) in [6.07, 6.45) is 5.86. The summed E-state index contributed by atoms with van der Waals surface area (Å²) in [7, 11) is 0. The zero-order valence-corrected chi connectivity index (χ0v) is 11.3. The van der Waals surface area contributed by atoms with E-state index in [1.54, 1.807) is 0 Å². The van der Waals surface area contributed by atoms with Gasteiger partial charge in [0.1, 0.15) is 0 Å². The highest BCUT2D eigenvalue weighted by atomic mass is 16.2. The smallest absolute Gasteiger partial charge is 0.237 e. The molecule has 102 valence electrons. The van der Waals surface area contributed by atoms with Gasteiger partial charge in [-0.05, 0) is 49.1 Å². The third-order valence-electron chi connectivity index (χ3n) is 4.12. The Balaban J connectivity index is 1.54. The summed E-state index contributed by atoms with van der Waals surface area (Å²) in [6.45, 7) is 1.61. The van der Waals surface area contributed by atoms with E-state index >= 15 is 0 Å². The molecule has 1 aliphatic heterocycles. The number of hydrogen-bond donors (Lipinski definition) is 2. The van der Waals surface area contributed by atoms with Gasteiger partial charge >= 0.3 is 0 Å². The van der Waals surface area contributed by atoms with Gasteiger partial charge in [0, 0.05) is 13.1 Å². The highest BCUT2D eigenvalue weighted by molar-refractivity contribution is 5.81. The van der Waals surface area contributed by atoms with Crippen molar-refractivity contribution in [2.45, 2.75) is 50.6 Å². The van der Waals surface area contributed by atoms with E-state index < -0.39 is 0 Å². The van der Waals surface area contributed by atoms with Gasteiger partial charge < -0.3 is 10.6 Å². The van der Waals surface area contributed by atoms with Crippen molar-refractivity contribution in [1.82, 2.24) is 10.6 Å². The van der Waals surface area contributed by atoms with Crippen LogP contribution in [-0.2, 0) is 11.3 Å². The molecule has 2 aliphatic rings. The lowest BCUT2D eigenvalue weighted by Gasteiger charge is -2.15.